The topological polar surface area (TPSA) is 97.6 Å². The summed E-state index contributed by atoms with van der Waals surface area (Å²) in [5.41, 5.74) is 5.22. The molecule has 0 spiro atoms. The van der Waals surface area contributed by atoms with E-state index in [2.05, 4.69) is 20.9 Å². The molecule has 9 heteroatoms. The van der Waals surface area contributed by atoms with Gasteiger partial charge < -0.3 is 10.1 Å². The Balaban J connectivity index is 1.50. The van der Waals surface area contributed by atoms with Crippen LogP contribution in [0.2, 0.25) is 0 Å². The molecular weight excluding hydrogens is 437 g/mol. The van der Waals surface area contributed by atoms with Crippen molar-refractivity contribution in [1.82, 2.24) is 15.2 Å². The SMILES string of the molecule is COc1ccc(NC(=O)C(=O)N/N=C/c2cn(-c3ccccc3)nc2-c2ccc(F)cc2)cc1. The minimum Gasteiger partial charge on any atom is -0.497 e. The molecule has 170 valence electrons. The molecule has 0 unspecified atom stereocenters. The average Bonchev–Trinajstić information content (AvgIpc) is 3.29. The molecule has 0 saturated heterocycles. The Morgan fingerprint density at radius 1 is 0.971 bits per heavy atom. The molecule has 0 bridgehead atoms. The Kier molecular flexibility index (Phi) is 6.73. The highest BCUT2D eigenvalue weighted by molar-refractivity contribution is 6.39. The lowest BCUT2D eigenvalue weighted by Crippen LogP contribution is -2.32. The number of hydrogen-bond acceptors (Lipinski definition) is 5. The van der Waals surface area contributed by atoms with E-state index >= 15 is 0 Å². The molecule has 34 heavy (non-hydrogen) atoms. The fraction of sp³-hybridized carbons (Fsp3) is 0.0400. The van der Waals surface area contributed by atoms with Crippen LogP contribution in [0.25, 0.3) is 16.9 Å². The lowest BCUT2D eigenvalue weighted by molar-refractivity contribution is -0.136. The molecule has 1 heterocycles. The molecule has 0 aliphatic heterocycles. The normalized spacial score (nSPS) is 10.8. The molecule has 2 N–H and O–H groups in total. The Bertz CT molecular complexity index is 1320. The van der Waals surface area contributed by atoms with Gasteiger partial charge in [-0.2, -0.15) is 10.2 Å². The van der Waals surface area contributed by atoms with Crippen molar-refractivity contribution in [3.05, 3.63) is 96.4 Å². The minimum absolute atomic E-state index is 0.364. The average molecular weight is 457 g/mol. The molecule has 0 atom stereocenters. The van der Waals surface area contributed by atoms with Crippen LogP contribution in [0.4, 0.5) is 10.1 Å². The van der Waals surface area contributed by atoms with Gasteiger partial charge in [0.1, 0.15) is 17.3 Å². The highest BCUT2D eigenvalue weighted by Gasteiger charge is 2.14. The van der Waals surface area contributed by atoms with Gasteiger partial charge in [-0.05, 0) is 60.7 Å². The van der Waals surface area contributed by atoms with Crippen molar-refractivity contribution in [2.45, 2.75) is 0 Å². The van der Waals surface area contributed by atoms with E-state index in [9.17, 15) is 14.0 Å². The van der Waals surface area contributed by atoms with Crippen LogP contribution in [0, 0.1) is 5.82 Å². The summed E-state index contributed by atoms with van der Waals surface area (Å²) in [7, 11) is 1.53. The van der Waals surface area contributed by atoms with Gasteiger partial charge in [-0.1, -0.05) is 18.2 Å². The Morgan fingerprint density at radius 2 is 1.68 bits per heavy atom. The molecule has 8 nitrogen and oxygen atoms in total. The lowest BCUT2D eigenvalue weighted by Gasteiger charge is -2.05. The fourth-order valence-corrected chi connectivity index (χ4v) is 3.10. The first-order valence-electron chi connectivity index (χ1n) is 10.2. The fourth-order valence-electron chi connectivity index (χ4n) is 3.10. The number of benzene rings is 3. The number of nitrogens with zero attached hydrogens (tertiary/aromatic N) is 3. The molecule has 3 aromatic carbocycles. The number of ether oxygens (including phenoxy) is 1. The number of hydrazone groups is 1. The lowest BCUT2D eigenvalue weighted by atomic mass is 10.1. The van der Waals surface area contributed by atoms with Gasteiger partial charge in [0.25, 0.3) is 0 Å². The Labute approximate surface area is 194 Å². The number of anilines is 1. The van der Waals surface area contributed by atoms with Crippen LogP contribution in [0.1, 0.15) is 5.56 Å². The predicted octanol–water partition coefficient (Wildman–Crippen LogP) is 3.78. The number of halogens is 1. The summed E-state index contributed by atoms with van der Waals surface area (Å²) in [4.78, 5) is 24.3. The van der Waals surface area contributed by atoms with Gasteiger partial charge in [0.05, 0.1) is 19.0 Å². The first-order valence-corrected chi connectivity index (χ1v) is 10.2. The smallest absolute Gasteiger partial charge is 0.329 e. The third-order valence-corrected chi connectivity index (χ3v) is 4.80. The van der Waals surface area contributed by atoms with E-state index in [-0.39, 0.29) is 5.82 Å². The summed E-state index contributed by atoms with van der Waals surface area (Å²) in [5, 5.41) is 11.0. The molecular formula is C25H20FN5O3. The zero-order valence-electron chi connectivity index (χ0n) is 18.1. The summed E-state index contributed by atoms with van der Waals surface area (Å²) >= 11 is 0. The number of carbonyl (C=O) groups excluding carboxylic acids is 2. The van der Waals surface area contributed by atoms with E-state index < -0.39 is 11.8 Å². The van der Waals surface area contributed by atoms with E-state index in [0.717, 1.165) is 5.69 Å². The summed E-state index contributed by atoms with van der Waals surface area (Å²) in [6, 6.07) is 21.8. The van der Waals surface area contributed by atoms with E-state index in [0.29, 0.717) is 28.3 Å². The van der Waals surface area contributed by atoms with Crippen LogP contribution in [0.3, 0.4) is 0 Å². The second-order valence-corrected chi connectivity index (χ2v) is 7.10. The molecule has 4 rings (SSSR count). The summed E-state index contributed by atoms with van der Waals surface area (Å²) in [5.74, 6) is -1.55. The van der Waals surface area contributed by atoms with Crippen molar-refractivity contribution in [3.63, 3.8) is 0 Å². The summed E-state index contributed by atoms with van der Waals surface area (Å²) in [6.07, 6.45) is 3.10. The van der Waals surface area contributed by atoms with E-state index in [1.165, 1.54) is 25.5 Å². The summed E-state index contributed by atoms with van der Waals surface area (Å²) < 4.78 is 20.1. The van der Waals surface area contributed by atoms with Gasteiger partial charge in [0.2, 0.25) is 0 Å². The number of amides is 2. The standard InChI is InChI=1S/C25H20FN5O3/c1-34-22-13-11-20(12-14-22)28-24(32)25(33)29-27-15-18-16-31(21-5-3-2-4-6-21)30-23(18)17-7-9-19(26)10-8-17/h2-16H,1H3,(H,28,32)(H,29,33)/b27-15+. The molecule has 0 aliphatic carbocycles. The molecule has 4 aromatic rings. The largest absolute Gasteiger partial charge is 0.497 e. The molecule has 0 radical (unpaired) electrons. The van der Waals surface area contributed by atoms with Gasteiger partial charge in [0.15, 0.2) is 0 Å². The number of para-hydroxylation sites is 1. The second-order valence-electron chi connectivity index (χ2n) is 7.10. The molecule has 0 saturated carbocycles. The van der Waals surface area contributed by atoms with Gasteiger partial charge in [-0.3, -0.25) is 9.59 Å². The van der Waals surface area contributed by atoms with Gasteiger partial charge in [-0.25, -0.2) is 14.5 Å². The number of carbonyl (C=O) groups is 2. The van der Waals surface area contributed by atoms with Crippen molar-refractivity contribution < 1.29 is 18.7 Å². The Hall–Kier alpha value is -4.79. The van der Waals surface area contributed by atoms with Crippen molar-refractivity contribution in [1.29, 1.82) is 0 Å². The maximum atomic E-state index is 13.4. The first-order chi connectivity index (χ1) is 16.5. The third kappa shape index (κ3) is 5.33. The number of aromatic nitrogens is 2. The van der Waals surface area contributed by atoms with Crippen LogP contribution < -0.4 is 15.5 Å². The van der Waals surface area contributed by atoms with Gasteiger partial charge in [0, 0.05) is 23.0 Å². The highest BCUT2D eigenvalue weighted by Crippen LogP contribution is 2.23. The third-order valence-electron chi connectivity index (χ3n) is 4.80. The number of nitrogens with one attached hydrogen (secondary N) is 2. The van der Waals surface area contributed by atoms with Crippen molar-refractivity contribution in [2.24, 2.45) is 5.10 Å². The van der Waals surface area contributed by atoms with Gasteiger partial charge in [-0.15, -0.1) is 0 Å². The van der Waals surface area contributed by atoms with Crippen LogP contribution >= 0.6 is 0 Å². The van der Waals surface area contributed by atoms with Crippen LogP contribution in [-0.4, -0.2) is 34.9 Å². The monoisotopic (exact) mass is 457 g/mol. The summed E-state index contributed by atoms with van der Waals surface area (Å²) in [6.45, 7) is 0. The molecule has 0 fully saturated rings. The maximum Gasteiger partial charge on any atom is 0.329 e. The number of rotatable bonds is 6. The quantitative estimate of drug-likeness (QED) is 0.262. The minimum atomic E-state index is -0.939. The van der Waals surface area contributed by atoms with E-state index in [4.69, 9.17) is 4.74 Å². The number of methoxy groups -OCH3 is 1. The highest BCUT2D eigenvalue weighted by atomic mass is 19.1. The van der Waals surface area contributed by atoms with Gasteiger partial charge >= 0.3 is 11.8 Å². The molecule has 0 aliphatic rings. The van der Waals surface area contributed by atoms with Crippen molar-refractivity contribution >= 4 is 23.7 Å². The van der Waals surface area contributed by atoms with E-state index in [1.807, 2.05) is 30.3 Å². The molecule has 2 amide bonds. The van der Waals surface area contributed by atoms with E-state index in [1.54, 1.807) is 47.3 Å². The second kappa shape index (κ2) is 10.2. The first kappa shape index (κ1) is 22.4. The predicted molar refractivity (Wildman–Crippen MR) is 126 cm³/mol. The zero-order chi connectivity index (χ0) is 23.9. The van der Waals surface area contributed by atoms with Crippen molar-refractivity contribution in [3.8, 4) is 22.7 Å². The maximum absolute atomic E-state index is 13.4. The van der Waals surface area contributed by atoms with Crippen LogP contribution in [0.5, 0.6) is 5.75 Å². The Morgan fingerprint density at radius 3 is 2.35 bits per heavy atom. The molecule has 1 aromatic heterocycles. The van der Waals surface area contributed by atoms with Crippen LogP contribution in [-0.2, 0) is 9.59 Å². The number of hydrogen-bond donors (Lipinski definition) is 2. The van der Waals surface area contributed by atoms with Crippen molar-refractivity contribution in [2.75, 3.05) is 12.4 Å². The van der Waals surface area contributed by atoms with Crippen LogP contribution in [0.15, 0.2) is 90.2 Å². The zero-order valence-corrected chi connectivity index (χ0v) is 18.1.